The minimum Gasteiger partial charge on any atom is -0.491 e. The van der Waals surface area contributed by atoms with Gasteiger partial charge in [-0.25, -0.2) is 9.97 Å². The fraction of sp³-hybridized carbons (Fsp3) is 0.450. The van der Waals surface area contributed by atoms with Gasteiger partial charge in [0.25, 0.3) is 0 Å². The maximum Gasteiger partial charge on any atom is 0.226 e. The van der Waals surface area contributed by atoms with Gasteiger partial charge in [-0.05, 0) is 30.0 Å². The number of rotatable bonds is 6. The third kappa shape index (κ3) is 5.02. The molecule has 0 bridgehead atoms. The predicted octanol–water partition coefficient (Wildman–Crippen LogP) is 3.80. The fourth-order valence-electron chi connectivity index (χ4n) is 2.51. The first-order valence-electron chi connectivity index (χ1n) is 8.48. The summed E-state index contributed by atoms with van der Waals surface area (Å²) in [6.45, 7) is 11.0. The smallest absolute Gasteiger partial charge is 0.226 e. The van der Waals surface area contributed by atoms with Crippen LogP contribution < -0.4 is 9.64 Å². The van der Waals surface area contributed by atoms with E-state index in [9.17, 15) is 4.79 Å². The van der Waals surface area contributed by atoms with Crippen LogP contribution in [0, 0.1) is 6.92 Å². The SMILES string of the molecule is CC(=O)c1cc(C)nc(N(C)CCOc2ccccc2C(C)(C)C)n1. The number of aryl methyl sites for hydroxylation is 1. The second-order valence-corrected chi connectivity index (χ2v) is 7.27. The molecule has 0 radical (unpaired) electrons. The van der Waals surface area contributed by atoms with Gasteiger partial charge in [-0.15, -0.1) is 0 Å². The highest BCUT2D eigenvalue weighted by Gasteiger charge is 2.18. The molecule has 1 heterocycles. The zero-order valence-electron chi connectivity index (χ0n) is 16.0. The molecule has 5 heteroatoms. The molecule has 0 atom stereocenters. The van der Waals surface area contributed by atoms with Crippen LogP contribution in [-0.4, -0.2) is 36.0 Å². The number of ether oxygens (including phenoxy) is 1. The van der Waals surface area contributed by atoms with Crippen LogP contribution in [0.5, 0.6) is 5.75 Å². The van der Waals surface area contributed by atoms with E-state index < -0.39 is 0 Å². The fourth-order valence-corrected chi connectivity index (χ4v) is 2.51. The van der Waals surface area contributed by atoms with E-state index in [0.717, 1.165) is 11.4 Å². The number of para-hydroxylation sites is 1. The van der Waals surface area contributed by atoms with Gasteiger partial charge in [0.05, 0.1) is 6.54 Å². The molecule has 5 nitrogen and oxygen atoms in total. The van der Waals surface area contributed by atoms with Crippen LogP contribution >= 0.6 is 0 Å². The van der Waals surface area contributed by atoms with E-state index in [1.165, 1.54) is 12.5 Å². The number of hydrogen-bond acceptors (Lipinski definition) is 5. The number of nitrogens with zero attached hydrogens (tertiary/aromatic N) is 3. The third-order valence-corrected chi connectivity index (χ3v) is 3.92. The lowest BCUT2D eigenvalue weighted by Crippen LogP contribution is -2.27. The van der Waals surface area contributed by atoms with E-state index in [0.29, 0.717) is 24.8 Å². The number of Topliss-reactive ketones (excluding diaryl/α,β-unsaturated/α-hetero) is 1. The second kappa shape index (κ2) is 7.64. The van der Waals surface area contributed by atoms with E-state index in [1.807, 2.05) is 37.1 Å². The summed E-state index contributed by atoms with van der Waals surface area (Å²) in [5.41, 5.74) is 2.43. The van der Waals surface area contributed by atoms with Gasteiger partial charge in [-0.1, -0.05) is 39.0 Å². The van der Waals surface area contributed by atoms with Crippen molar-refractivity contribution in [1.82, 2.24) is 9.97 Å². The summed E-state index contributed by atoms with van der Waals surface area (Å²) in [4.78, 5) is 22.2. The average Bonchev–Trinajstić information content (AvgIpc) is 2.53. The van der Waals surface area contributed by atoms with Crippen LogP contribution in [0.2, 0.25) is 0 Å². The van der Waals surface area contributed by atoms with Crippen LogP contribution in [0.25, 0.3) is 0 Å². The Kier molecular flexibility index (Phi) is 5.77. The summed E-state index contributed by atoms with van der Waals surface area (Å²) in [5, 5.41) is 0. The number of hydrogen-bond donors (Lipinski definition) is 0. The van der Waals surface area contributed by atoms with Gasteiger partial charge in [0.2, 0.25) is 5.95 Å². The van der Waals surface area contributed by atoms with E-state index in [2.05, 4.69) is 36.8 Å². The molecular weight excluding hydrogens is 314 g/mol. The summed E-state index contributed by atoms with van der Waals surface area (Å²) in [7, 11) is 1.90. The van der Waals surface area contributed by atoms with Gasteiger partial charge < -0.3 is 9.64 Å². The second-order valence-electron chi connectivity index (χ2n) is 7.27. The van der Waals surface area contributed by atoms with Gasteiger partial charge in [0, 0.05) is 19.7 Å². The van der Waals surface area contributed by atoms with Crippen molar-refractivity contribution in [2.75, 3.05) is 25.1 Å². The van der Waals surface area contributed by atoms with Crippen molar-refractivity contribution in [3.8, 4) is 5.75 Å². The Morgan fingerprint density at radius 2 is 1.88 bits per heavy atom. The summed E-state index contributed by atoms with van der Waals surface area (Å²) < 4.78 is 6.00. The van der Waals surface area contributed by atoms with Crippen molar-refractivity contribution in [1.29, 1.82) is 0 Å². The maximum atomic E-state index is 11.6. The van der Waals surface area contributed by atoms with Crippen molar-refractivity contribution < 1.29 is 9.53 Å². The average molecular weight is 341 g/mol. The van der Waals surface area contributed by atoms with Crippen molar-refractivity contribution in [2.45, 2.75) is 40.0 Å². The Morgan fingerprint density at radius 3 is 2.52 bits per heavy atom. The Hall–Kier alpha value is -2.43. The molecule has 0 saturated heterocycles. The minimum absolute atomic E-state index is 0.0263. The molecule has 0 N–H and O–H groups in total. The topological polar surface area (TPSA) is 55.3 Å². The summed E-state index contributed by atoms with van der Waals surface area (Å²) in [5.74, 6) is 1.38. The van der Waals surface area contributed by atoms with E-state index in [-0.39, 0.29) is 11.2 Å². The van der Waals surface area contributed by atoms with Gasteiger partial charge in [-0.3, -0.25) is 4.79 Å². The van der Waals surface area contributed by atoms with Crippen molar-refractivity contribution in [2.24, 2.45) is 0 Å². The van der Waals surface area contributed by atoms with E-state index in [4.69, 9.17) is 4.74 Å². The molecular formula is C20H27N3O2. The molecule has 0 aliphatic carbocycles. The Bertz CT molecular complexity index is 751. The van der Waals surface area contributed by atoms with Crippen LogP contribution in [0.3, 0.4) is 0 Å². The number of ketones is 1. The minimum atomic E-state index is -0.0597. The first-order valence-corrected chi connectivity index (χ1v) is 8.48. The highest BCUT2D eigenvalue weighted by Crippen LogP contribution is 2.30. The van der Waals surface area contributed by atoms with Crippen LogP contribution in [0.1, 0.15) is 49.4 Å². The molecule has 1 aromatic heterocycles. The Morgan fingerprint density at radius 1 is 1.20 bits per heavy atom. The van der Waals surface area contributed by atoms with Gasteiger partial charge in [-0.2, -0.15) is 0 Å². The zero-order chi connectivity index (χ0) is 18.6. The van der Waals surface area contributed by atoms with Crippen molar-refractivity contribution in [3.05, 3.63) is 47.3 Å². The number of carbonyl (C=O) groups is 1. The largest absolute Gasteiger partial charge is 0.491 e. The van der Waals surface area contributed by atoms with Crippen LogP contribution in [0.4, 0.5) is 5.95 Å². The molecule has 0 fully saturated rings. The lowest BCUT2D eigenvalue weighted by molar-refractivity contribution is 0.101. The third-order valence-electron chi connectivity index (χ3n) is 3.92. The monoisotopic (exact) mass is 341 g/mol. The normalized spacial score (nSPS) is 11.3. The Balaban J connectivity index is 2.05. The lowest BCUT2D eigenvalue weighted by atomic mass is 9.86. The summed E-state index contributed by atoms with van der Waals surface area (Å²) in [6, 6.07) is 9.82. The molecule has 0 saturated carbocycles. The molecule has 0 unspecified atom stereocenters. The first kappa shape index (κ1) is 18.9. The van der Waals surface area contributed by atoms with E-state index >= 15 is 0 Å². The standard InChI is InChI=1S/C20H27N3O2/c1-14-13-17(15(2)24)22-19(21-14)23(6)11-12-25-18-10-8-7-9-16(18)20(3,4)5/h7-10,13H,11-12H2,1-6H3. The number of benzene rings is 1. The number of likely N-dealkylation sites (N-methyl/N-ethyl adjacent to an activating group) is 1. The lowest BCUT2D eigenvalue weighted by Gasteiger charge is -2.23. The number of anilines is 1. The highest BCUT2D eigenvalue weighted by molar-refractivity contribution is 5.92. The number of carbonyl (C=O) groups excluding carboxylic acids is 1. The van der Waals surface area contributed by atoms with Gasteiger partial charge in [0.1, 0.15) is 18.1 Å². The van der Waals surface area contributed by atoms with Gasteiger partial charge >= 0.3 is 0 Å². The van der Waals surface area contributed by atoms with Crippen LogP contribution in [-0.2, 0) is 5.41 Å². The Labute approximate surface area is 150 Å². The molecule has 0 amide bonds. The number of aromatic nitrogens is 2. The molecule has 0 spiro atoms. The predicted molar refractivity (Wildman–Crippen MR) is 101 cm³/mol. The van der Waals surface area contributed by atoms with Gasteiger partial charge in [0.15, 0.2) is 5.78 Å². The molecule has 25 heavy (non-hydrogen) atoms. The van der Waals surface area contributed by atoms with Crippen molar-refractivity contribution in [3.63, 3.8) is 0 Å². The quantitative estimate of drug-likeness (QED) is 0.748. The highest BCUT2D eigenvalue weighted by atomic mass is 16.5. The summed E-state index contributed by atoms with van der Waals surface area (Å²) >= 11 is 0. The molecule has 0 aliphatic rings. The van der Waals surface area contributed by atoms with Crippen LogP contribution in [0.15, 0.2) is 30.3 Å². The first-order chi connectivity index (χ1) is 11.7. The molecule has 2 rings (SSSR count). The summed E-state index contributed by atoms with van der Waals surface area (Å²) in [6.07, 6.45) is 0. The molecule has 1 aromatic carbocycles. The molecule has 134 valence electrons. The van der Waals surface area contributed by atoms with Crippen molar-refractivity contribution >= 4 is 11.7 Å². The molecule has 2 aromatic rings. The maximum absolute atomic E-state index is 11.6. The van der Waals surface area contributed by atoms with E-state index in [1.54, 1.807) is 6.07 Å². The molecule has 0 aliphatic heterocycles. The zero-order valence-corrected chi connectivity index (χ0v) is 16.0.